The van der Waals surface area contributed by atoms with Crippen molar-refractivity contribution in [3.8, 4) is 0 Å². The molecule has 132 valence electrons. The van der Waals surface area contributed by atoms with Crippen molar-refractivity contribution >= 4 is 17.5 Å². The molecule has 3 rings (SSSR count). The molecule has 2 heterocycles. The van der Waals surface area contributed by atoms with Gasteiger partial charge in [-0.3, -0.25) is 14.5 Å². The molecule has 1 atom stereocenters. The summed E-state index contributed by atoms with van der Waals surface area (Å²) in [5, 5.41) is 2.78. The Hall–Kier alpha value is -2.67. The van der Waals surface area contributed by atoms with Crippen molar-refractivity contribution in [3.05, 3.63) is 54.2 Å². The molecule has 0 saturated carbocycles. The molecular weight excluding hydrogens is 325 g/mol. The maximum atomic E-state index is 12.9. The highest BCUT2D eigenvalue weighted by atomic mass is 19.1. The Balaban J connectivity index is 1.52. The van der Waals surface area contributed by atoms with E-state index in [1.807, 2.05) is 11.8 Å². The summed E-state index contributed by atoms with van der Waals surface area (Å²) in [4.78, 5) is 28.3. The highest BCUT2D eigenvalue weighted by Gasteiger charge is 2.28. The van der Waals surface area contributed by atoms with E-state index in [4.69, 9.17) is 4.42 Å². The zero-order chi connectivity index (χ0) is 17.8. The minimum atomic E-state index is -0.344. The van der Waals surface area contributed by atoms with Gasteiger partial charge in [0.25, 0.3) is 5.91 Å². The fourth-order valence-corrected chi connectivity index (χ4v) is 2.81. The number of amides is 2. The van der Waals surface area contributed by atoms with Crippen molar-refractivity contribution in [1.29, 1.82) is 0 Å². The number of benzene rings is 1. The molecule has 2 aromatic rings. The minimum absolute atomic E-state index is 0.131. The Labute approximate surface area is 145 Å². The molecule has 0 bridgehead atoms. The SMILES string of the molecule is C[C@H](C(=O)Nc1ccc(F)cc1)N1CCN(C(=O)c2ccco2)CC1. The average Bonchev–Trinajstić information content (AvgIpc) is 3.17. The summed E-state index contributed by atoms with van der Waals surface area (Å²) >= 11 is 0. The summed E-state index contributed by atoms with van der Waals surface area (Å²) in [6.45, 7) is 4.10. The van der Waals surface area contributed by atoms with Gasteiger partial charge in [-0.05, 0) is 43.3 Å². The molecule has 0 radical (unpaired) electrons. The number of nitrogens with one attached hydrogen (secondary N) is 1. The number of hydrogen-bond donors (Lipinski definition) is 1. The van der Waals surface area contributed by atoms with Crippen LogP contribution in [-0.4, -0.2) is 53.8 Å². The van der Waals surface area contributed by atoms with Crippen LogP contribution in [0.4, 0.5) is 10.1 Å². The van der Waals surface area contributed by atoms with E-state index in [0.717, 1.165) is 0 Å². The van der Waals surface area contributed by atoms with Gasteiger partial charge in [0, 0.05) is 31.9 Å². The maximum Gasteiger partial charge on any atom is 0.289 e. The van der Waals surface area contributed by atoms with E-state index in [9.17, 15) is 14.0 Å². The van der Waals surface area contributed by atoms with Crippen LogP contribution in [0.5, 0.6) is 0 Å². The maximum absolute atomic E-state index is 12.9. The number of carbonyl (C=O) groups excluding carboxylic acids is 2. The highest BCUT2D eigenvalue weighted by Crippen LogP contribution is 2.13. The molecule has 1 fully saturated rings. The molecule has 0 spiro atoms. The van der Waals surface area contributed by atoms with Crippen LogP contribution in [-0.2, 0) is 4.79 Å². The molecule has 1 aliphatic heterocycles. The van der Waals surface area contributed by atoms with Crippen LogP contribution in [0, 0.1) is 5.82 Å². The van der Waals surface area contributed by atoms with Crippen LogP contribution in [0.15, 0.2) is 47.1 Å². The van der Waals surface area contributed by atoms with Gasteiger partial charge in [-0.2, -0.15) is 0 Å². The first-order valence-electron chi connectivity index (χ1n) is 8.18. The van der Waals surface area contributed by atoms with Crippen LogP contribution < -0.4 is 5.32 Å². The van der Waals surface area contributed by atoms with E-state index in [1.54, 1.807) is 17.0 Å². The first-order valence-corrected chi connectivity index (χ1v) is 8.18. The third-order valence-corrected chi connectivity index (χ3v) is 4.37. The Morgan fingerprint density at radius 2 is 1.80 bits per heavy atom. The number of carbonyl (C=O) groups is 2. The quantitative estimate of drug-likeness (QED) is 0.923. The number of hydrogen-bond acceptors (Lipinski definition) is 4. The Bertz CT molecular complexity index is 723. The van der Waals surface area contributed by atoms with Gasteiger partial charge in [0.15, 0.2) is 5.76 Å². The number of nitrogens with zero attached hydrogens (tertiary/aromatic N) is 2. The third kappa shape index (κ3) is 4.06. The molecule has 1 saturated heterocycles. The topological polar surface area (TPSA) is 65.8 Å². The molecule has 1 aromatic heterocycles. The van der Waals surface area contributed by atoms with E-state index in [2.05, 4.69) is 5.32 Å². The van der Waals surface area contributed by atoms with Gasteiger partial charge in [-0.1, -0.05) is 0 Å². The van der Waals surface area contributed by atoms with Crippen LogP contribution >= 0.6 is 0 Å². The van der Waals surface area contributed by atoms with E-state index in [-0.39, 0.29) is 23.7 Å². The summed E-state index contributed by atoms with van der Waals surface area (Å²) in [7, 11) is 0. The van der Waals surface area contributed by atoms with Crippen molar-refractivity contribution in [2.75, 3.05) is 31.5 Å². The molecule has 1 aromatic carbocycles. The third-order valence-electron chi connectivity index (χ3n) is 4.37. The monoisotopic (exact) mass is 345 g/mol. The van der Waals surface area contributed by atoms with Gasteiger partial charge < -0.3 is 14.6 Å². The lowest BCUT2D eigenvalue weighted by molar-refractivity contribution is -0.121. The normalized spacial score (nSPS) is 16.5. The average molecular weight is 345 g/mol. The summed E-state index contributed by atoms with van der Waals surface area (Å²) in [5.74, 6) is -0.301. The van der Waals surface area contributed by atoms with Crippen molar-refractivity contribution in [2.45, 2.75) is 13.0 Å². The fraction of sp³-hybridized carbons (Fsp3) is 0.333. The zero-order valence-electron chi connectivity index (χ0n) is 13.9. The van der Waals surface area contributed by atoms with Gasteiger partial charge >= 0.3 is 0 Å². The van der Waals surface area contributed by atoms with Gasteiger partial charge in [-0.15, -0.1) is 0 Å². The van der Waals surface area contributed by atoms with Crippen LogP contribution in [0.2, 0.25) is 0 Å². The van der Waals surface area contributed by atoms with Gasteiger partial charge in [-0.25, -0.2) is 4.39 Å². The van der Waals surface area contributed by atoms with Crippen molar-refractivity contribution < 1.29 is 18.4 Å². The van der Waals surface area contributed by atoms with E-state index in [1.165, 1.54) is 30.5 Å². The summed E-state index contributed by atoms with van der Waals surface area (Å²) in [6, 6.07) is 8.66. The Morgan fingerprint density at radius 3 is 2.40 bits per heavy atom. The second-order valence-electron chi connectivity index (χ2n) is 5.98. The van der Waals surface area contributed by atoms with Crippen molar-refractivity contribution in [1.82, 2.24) is 9.80 Å². The molecule has 25 heavy (non-hydrogen) atoms. The largest absolute Gasteiger partial charge is 0.459 e. The molecule has 6 nitrogen and oxygen atoms in total. The van der Waals surface area contributed by atoms with Gasteiger partial charge in [0.05, 0.1) is 12.3 Å². The van der Waals surface area contributed by atoms with Crippen molar-refractivity contribution in [2.24, 2.45) is 0 Å². The smallest absolute Gasteiger partial charge is 0.289 e. The molecule has 0 aliphatic carbocycles. The zero-order valence-corrected chi connectivity index (χ0v) is 13.9. The lowest BCUT2D eigenvalue weighted by atomic mass is 10.2. The molecule has 0 unspecified atom stereocenters. The second-order valence-corrected chi connectivity index (χ2v) is 5.98. The van der Waals surface area contributed by atoms with E-state index in [0.29, 0.717) is 37.6 Å². The molecule has 7 heteroatoms. The Morgan fingerprint density at radius 1 is 1.12 bits per heavy atom. The number of rotatable bonds is 4. The number of anilines is 1. The molecule has 2 amide bonds. The van der Waals surface area contributed by atoms with Gasteiger partial charge in [0.1, 0.15) is 5.82 Å². The first kappa shape index (κ1) is 17.2. The molecular formula is C18H20FN3O3. The lowest BCUT2D eigenvalue weighted by Crippen LogP contribution is -2.54. The molecule has 1 aliphatic rings. The minimum Gasteiger partial charge on any atom is -0.459 e. The predicted molar refractivity (Wildman–Crippen MR) is 90.7 cm³/mol. The van der Waals surface area contributed by atoms with Crippen LogP contribution in [0.1, 0.15) is 17.5 Å². The summed E-state index contributed by atoms with van der Waals surface area (Å²) in [6.07, 6.45) is 1.48. The summed E-state index contributed by atoms with van der Waals surface area (Å²) in [5.41, 5.74) is 0.560. The standard InChI is InChI=1S/C18H20FN3O3/c1-13(17(23)20-15-6-4-14(19)5-7-15)21-8-10-22(11-9-21)18(24)16-3-2-12-25-16/h2-7,12-13H,8-11H2,1H3,(H,20,23)/t13-/m1/s1. The number of furan rings is 1. The number of piperazine rings is 1. The lowest BCUT2D eigenvalue weighted by Gasteiger charge is -2.37. The van der Waals surface area contributed by atoms with Crippen LogP contribution in [0.3, 0.4) is 0 Å². The second kappa shape index (κ2) is 7.48. The predicted octanol–water partition coefficient (Wildman–Crippen LogP) is 2.20. The summed E-state index contributed by atoms with van der Waals surface area (Å²) < 4.78 is 18.1. The van der Waals surface area contributed by atoms with Crippen LogP contribution in [0.25, 0.3) is 0 Å². The Kier molecular flexibility index (Phi) is 5.14. The highest BCUT2D eigenvalue weighted by molar-refractivity contribution is 5.94. The van der Waals surface area contributed by atoms with E-state index >= 15 is 0 Å². The fourth-order valence-electron chi connectivity index (χ4n) is 2.81. The first-order chi connectivity index (χ1) is 12.0. The number of halogens is 1. The van der Waals surface area contributed by atoms with Crippen molar-refractivity contribution in [3.63, 3.8) is 0 Å². The van der Waals surface area contributed by atoms with E-state index < -0.39 is 0 Å². The van der Waals surface area contributed by atoms with Gasteiger partial charge in [0.2, 0.25) is 5.91 Å². The molecule has 1 N–H and O–H groups in total.